The third-order valence-corrected chi connectivity index (χ3v) is 6.52. The number of fused-ring (bicyclic) bond motifs is 3. The van der Waals surface area contributed by atoms with Gasteiger partial charge in [0.1, 0.15) is 0 Å². The Morgan fingerprint density at radius 2 is 1.97 bits per heavy atom. The van der Waals surface area contributed by atoms with E-state index in [0.29, 0.717) is 34.9 Å². The number of nitrogens with one attached hydrogen (secondary N) is 1. The molecule has 4 aromatic rings. The normalized spacial score (nSPS) is 11.4. The highest BCUT2D eigenvalue weighted by Gasteiger charge is 2.17. The van der Waals surface area contributed by atoms with Crippen LogP contribution >= 0.6 is 11.8 Å². The second kappa shape index (κ2) is 10.7. The van der Waals surface area contributed by atoms with E-state index in [4.69, 9.17) is 0 Å². The van der Waals surface area contributed by atoms with Crippen molar-refractivity contribution < 1.29 is 4.79 Å². The Morgan fingerprint density at radius 1 is 1.18 bits per heavy atom. The summed E-state index contributed by atoms with van der Waals surface area (Å²) in [7, 11) is 2.08. The van der Waals surface area contributed by atoms with Gasteiger partial charge in [0, 0.05) is 19.6 Å². The zero-order valence-corrected chi connectivity index (χ0v) is 20.2. The van der Waals surface area contributed by atoms with Crippen LogP contribution < -0.4 is 10.9 Å². The first-order valence-corrected chi connectivity index (χ1v) is 12.1. The molecule has 0 atom stereocenters. The van der Waals surface area contributed by atoms with Gasteiger partial charge in [-0.15, -0.1) is 16.8 Å². The van der Waals surface area contributed by atoms with E-state index in [1.54, 1.807) is 12.1 Å². The molecule has 0 bridgehead atoms. The molecule has 0 saturated heterocycles. The number of carbonyl (C=O) groups is 1. The number of aromatic nitrogens is 4. The summed E-state index contributed by atoms with van der Waals surface area (Å²) in [6.07, 6.45) is 1.65. The van der Waals surface area contributed by atoms with Crippen LogP contribution in [0.2, 0.25) is 0 Å². The number of para-hydroxylation sites is 1. The molecular weight excluding hydrogens is 448 g/mol. The first-order valence-electron chi connectivity index (χ1n) is 11.1. The van der Waals surface area contributed by atoms with E-state index in [9.17, 15) is 9.59 Å². The average Bonchev–Trinajstić information content (AvgIpc) is 3.28. The van der Waals surface area contributed by atoms with Gasteiger partial charge in [-0.1, -0.05) is 61.2 Å². The molecule has 34 heavy (non-hydrogen) atoms. The Morgan fingerprint density at radius 3 is 2.76 bits per heavy atom. The Kier molecular flexibility index (Phi) is 7.44. The van der Waals surface area contributed by atoms with Crippen LogP contribution in [-0.4, -0.2) is 49.3 Å². The van der Waals surface area contributed by atoms with Gasteiger partial charge in [-0.05, 0) is 36.9 Å². The maximum absolute atomic E-state index is 12.9. The van der Waals surface area contributed by atoms with Gasteiger partial charge in [0.05, 0.1) is 16.7 Å². The highest BCUT2D eigenvalue weighted by molar-refractivity contribution is 7.99. The van der Waals surface area contributed by atoms with Crippen molar-refractivity contribution in [1.82, 2.24) is 29.4 Å². The lowest BCUT2D eigenvalue weighted by Crippen LogP contribution is -2.25. The minimum Gasteiger partial charge on any atom is -0.351 e. The molecule has 4 rings (SSSR count). The molecule has 2 aromatic carbocycles. The molecule has 9 heteroatoms. The summed E-state index contributed by atoms with van der Waals surface area (Å²) in [5.74, 6) is 0.524. The SMILES string of the molecule is C=CCn1c(=O)c2ccccc2n2c(SCC(=O)NCc3cccc(CN(C)CC)c3)nnc12. The molecule has 0 spiro atoms. The van der Waals surface area contributed by atoms with Crippen molar-refractivity contribution in [2.75, 3.05) is 19.3 Å². The topological polar surface area (TPSA) is 84.5 Å². The molecule has 0 aliphatic heterocycles. The van der Waals surface area contributed by atoms with Gasteiger partial charge in [-0.2, -0.15) is 0 Å². The summed E-state index contributed by atoms with van der Waals surface area (Å²) in [6, 6.07) is 15.6. The van der Waals surface area contributed by atoms with Crippen LogP contribution in [0.3, 0.4) is 0 Å². The Hall–Kier alpha value is -3.43. The van der Waals surface area contributed by atoms with Crippen molar-refractivity contribution in [3.8, 4) is 0 Å². The number of allylic oxidation sites excluding steroid dienone is 1. The maximum Gasteiger partial charge on any atom is 0.263 e. The fourth-order valence-corrected chi connectivity index (χ4v) is 4.53. The molecule has 1 N–H and O–H groups in total. The van der Waals surface area contributed by atoms with Crippen LogP contribution in [0.25, 0.3) is 16.7 Å². The lowest BCUT2D eigenvalue weighted by atomic mass is 10.1. The van der Waals surface area contributed by atoms with Gasteiger partial charge >= 0.3 is 0 Å². The van der Waals surface area contributed by atoms with E-state index >= 15 is 0 Å². The Balaban J connectivity index is 1.48. The minimum absolute atomic E-state index is 0.0958. The second-order valence-corrected chi connectivity index (χ2v) is 9.00. The molecule has 0 aliphatic carbocycles. The van der Waals surface area contributed by atoms with E-state index in [-0.39, 0.29) is 17.2 Å². The minimum atomic E-state index is -0.142. The molecule has 0 unspecified atom stereocenters. The van der Waals surface area contributed by atoms with Crippen molar-refractivity contribution >= 4 is 34.3 Å². The molecular formula is C25H28N6O2S. The molecule has 0 saturated carbocycles. The fraction of sp³-hybridized carbons (Fsp3) is 0.280. The lowest BCUT2D eigenvalue weighted by molar-refractivity contribution is -0.118. The summed E-state index contributed by atoms with van der Waals surface area (Å²) in [5, 5.41) is 12.6. The predicted octanol–water partition coefficient (Wildman–Crippen LogP) is 3.09. The van der Waals surface area contributed by atoms with Crippen LogP contribution in [0, 0.1) is 0 Å². The first kappa shape index (κ1) is 23.7. The second-order valence-electron chi connectivity index (χ2n) is 8.06. The number of hydrogen-bond acceptors (Lipinski definition) is 6. The smallest absolute Gasteiger partial charge is 0.263 e. The van der Waals surface area contributed by atoms with Gasteiger partial charge in [-0.25, -0.2) is 0 Å². The monoisotopic (exact) mass is 476 g/mol. The number of thioether (sulfide) groups is 1. The predicted molar refractivity (Wildman–Crippen MR) is 136 cm³/mol. The van der Waals surface area contributed by atoms with Crippen molar-refractivity contribution in [2.24, 2.45) is 0 Å². The van der Waals surface area contributed by atoms with Crippen LogP contribution in [0.1, 0.15) is 18.1 Å². The van der Waals surface area contributed by atoms with Gasteiger partial charge < -0.3 is 10.2 Å². The first-order chi connectivity index (χ1) is 16.5. The van der Waals surface area contributed by atoms with Crippen molar-refractivity contribution in [3.63, 3.8) is 0 Å². The van der Waals surface area contributed by atoms with Crippen LogP contribution in [0.15, 0.2) is 71.1 Å². The molecule has 0 radical (unpaired) electrons. The quantitative estimate of drug-likeness (QED) is 0.280. The van der Waals surface area contributed by atoms with Gasteiger partial charge in [-0.3, -0.25) is 18.6 Å². The van der Waals surface area contributed by atoms with Gasteiger partial charge in [0.25, 0.3) is 5.56 Å². The average molecular weight is 477 g/mol. The number of nitrogens with zero attached hydrogens (tertiary/aromatic N) is 5. The molecule has 0 fully saturated rings. The largest absolute Gasteiger partial charge is 0.351 e. The van der Waals surface area contributed by atoms with Crippen molar-refractivity contribution in [3.05, 3.63) is 82.7 Å². The van der Waals surface area contributed by atoms with E-state index < -0.39 is 0 Å². The summed E-state index contributed by atoms with van der Waals surface area (Å²) in [5.41, 5.74) is 2.85. The molecule has 1 amide bonds. The Bertz CT molecular complexity index is 1390. The third kappa shape index (κ3) is 5.05. The summed E-state index contributed by atoms with van der Waals surface area (Å²) >= 11 is 1.29. The van der Waals surface area contributed by atoms with Gasteiger partial charge in [0.15, 0.2) is 5.16 Å². The zero-order chi connectivity index (χ0) is 24.1. The summed E-state index contributed by atoms with van der Waals surface area (Å²) < 4.78 is 3.36. The number of amides is 1. The van der Waals surface area contributed by atoms with E-state index in [0.717, 1.165) is 18.7 Å². The van der Waals surface area contributed by atoms with Crippen LogP contribution in [0.4, 0.5) is 0 Å². The van der Waals surface area contributed by atoms with Crippen molar-refractivity contribution in [2.45, 2.75) is 31.7 Å². The molecule has 2 aromatic heterocycles. The number of benzene rings is 2. The number of carbonyl (C=O) groups excluding carboxylic acids is 1. The Labute approximate surface area is 202 Å². The summed E-state index contributed by atoms with van der Waals surface area (Å²) in [6.45, 7) is 8.51. The van der Waals surface area contributed by atoms with E-state index in [1.165, 1.54) is 21.9 Å². The lowest BCUT2D eigenvalue weighted by Gasteiger charge is -2.14. The van der Waals surface area contributed by atoms with E-state index in [1.807, 2.05) is 34.7 Å². The van der Waals surface area contributed by atoms with Crippen molar-refractivity contribution in [1.29, 1.82) is 0 Å². The molecule has 8 nitrogen and oxygen atoms in total. The highest BCUT2D eigenvalue weighted by atomic mass is 32.2. The molecule has 0 aliphatic rings. The van der Waals surface area contributed by atoms with Crippen LogP contribution in [-0.2, 0) is 24.4 Å². The highest BCUT2D eigenvalue weighted by Crippen LogP contribution is 2.21. The number of rotatable bonds is 10. The summed E-state index contributed by atoms with van der Waals surface area (Å²) in [4.78, 5) is 27.7. The van der Waals surface area contributed by atoms with Gasteiger partial charge in [0.2, 0.25) is 11.7 Å². The van der Waals surface area contributed by atoms with E-state index in [2.05, 4.69) is 53.1 Å². The number of hydrogen-bond donors (Lipinski definition) is 1. The van der Waals surface area contributed by atoms with Crippen LogP contribution in [0.5, 0.6) is 0 Å². The molecule has 176 valence electrons. The fourth-order valence-electron chi connectivity index (χ4n) is 3.76. The molecule has 2 heterocycles. The zero-order valence-electron chi connectivity index (χ0n) is 19.4. The standard InChI is InChI=1S/C25H28N6O2S/c1-4-13-30-23(33)20-11-6-7-12-21(20)31-24(30)27-28-25(31)34-17-22(32)26-15-18-9-8-10-19(14-18)16-29(3)5-2/h4,6-12,14H,1,5,13,15-17H2,2-3H3,(H,26,32). The third-order valence-electron chi connectivity index (χ3n) is 5.60. The maximum atomic E-state index is 12.9.